The third kappa shape index (κ3) is 5.63. The predicted molar refractivity (Wildman–Crippen MR) is 114 cm³/mol. The van der Waals surface area contributed by atoms with Crippen molar-refractivity contribution in [3.8, 4) is 5.75 Å². The van der Waals surface area contributed by atoms with Crippen molar-refractivity contribution in [1.29, 1.82) is 0 Å². The molecule has 29 heavy (non-hydrogen) atoms. The highest BCUT2D eigenvalue weighted by atomic mass is 32.2. The molecule has 0 aromatic heterocycles. The molecule has 0 aliphatic carbocycles. The Bertz CT molecular complexity index is 971. The summed E-state index contributed by atoms with van der Waals surface area (Å²) in [7, 11) is -3.89. The van der Waals surface area contributed by atoms with Crippen LogP contribution in [0.2, 0.25) is 0 Å². The number of rotatable bonds is 8. The van der Waals surface area contributed by atoms with Crippen LogP contribution in [0.4, 0.5) is 16.2 Å². The van der Waals surface area contributed by atoms with Gasteiger partial charge in [0.25, 0.3) is 10.0 Å². The van der Waals surface area contributed by atoms with Crippen LogP contribution in [0.25, 0.3) is 0 Å². The molecule has 0 saturated heterocycles. The van der Waals surface area contributed by atoms with Crippen LogP contribution in [0.3, 0.4) is 0 Å². The van der Waals surface area contributed by atoms with E-state index in [1.807, 2.05) is 39.0 Å². The Labute approximate surface area is 172 Å². The average molecular weight is 421 g/mol. The fraction of sp³-hybridized carbons (Fsp3) is 0.381. The number of sulfonamides is 1. The van der Waals surface area contributed by atoms with Gasteiger partial charge in [-0.2, -0.15) is 0 Å². The van der Waals surface area contributed by atoms with Crippen molar-refractivity contribution in [2.75, 3.05) is 23.3 Å². The molecule has 0 saturated carbocycles. The molecule has 158 valence electrons. The third-order valence-corrected chi connectivity index (χ3v) is 5.58. The Morgan fingerprint density at radius 2 is 1.83 bits per heavy atom. The second kappa shape index (κ2) is 9.65. The summed E-state index contributed by atoms with van der Waals surface area (Å²) in [5.74, 6) is 0.507. The first-order valence-corrected chi connectivity index (χ1v) is 11.0. The second-order valence-corrected chi connectivity index (χ2v) is 8.42. The summed E-state index contributed by atoms with van der Waals surface area (Å²) < 4.78 is 39.2. The van der Waals surface area contributed by atoms with Crippen LogP contribution < -0.4 is 14.8 Å². The van der Waals surface area contributed by atoms with Gasteiger partial charge in [-0.25, -0.2) is 13.2 Å². The number of benzene rings is 2. The molecule has 0 aliphatic heterocycles. The van der Waals surface area contributed by atoms with Crippen LogP contribution in [-0.2, 0) is 14.8 Å². The van der Waals surface area contributed by atoms with Gasteiger partial charge in [0.15, 0.2) is 0 Å². The quantitative estimate of drug-likeness (QED) is 0.634. The number of hydrogen-bond acceptors (Lipinski definition) is 5. The maximum absolute atomic E-state index is 13.1. The Morgan fingerprint density at radius 3 is 2.45 bits per heavy atom. The Morgan fingerprint density at radius 1 is 1.10 bits per heavy atom. The highest BCUT2D eigenvalue weighted by Crippen LogP contribution is 2.32. The van der Waals surface area contributed by atoms with E-state index in [4.69, 9.17) is 9.47 Å². The van der Waals surface area contributed by atoms with Crippen molar-refractivity contribution in [2.45, 2.75) is 45.4 Å². The number of para-hydroxylation sites is 1. The summed E-state index contributed by atoms with van der Waals surface area (Å²) in [6, 6.07) is 9.98. The molecule has 0 heterocycles. The molecule has 2 rings (SSSR count). The highest BCUT2D eigenvalue weighted by molar-refractivity contribution is 7.92. The van der Waals surface area contributed by atoms with Crippen molar-refractivity contribution < 1.29 is 22.7 Å². The minimum Gasteiger partial charge on any atom is -0.492 e. The molecule has 0 aliphatic rings. The lowest BCUT2D eigenvalue weighted by atomic mass is 9.99. The fourth-order valence-corrected chi connectivity index (χ4v) is 4.02. The van der Waals surface area contributed by atoms with Crippen molar-refractivity contribution in [3.63, 3.8) is 0 Å². The van der Waals surface area contributed by atoms with Gasteiger partial charge in [-0.15, -0.1) is 0 Å². The summed E-state index contributed by atoms with van der Waals surface area (Å²) in [4.78, 5) is 11.8. The number of carbonyl (C=O) groups excluding carboxylic acids is 1. The molecule has 0 fully saturated rings. The van der Waals surface area contributed by atoms with E-state index in [-0.39, 0.29) is 23.1 Å². The number of ether oxygens (including phenoxy) is 2. The standard InChI is InChI=1S/C21H28N2O5S/c1-6-27-19-12-11-16(13-18(19)22-21(24)28-7-2)29(25,26)23-20-15(5)9-8-10-17(20)14(3)4/h8-14,23H,6-7H2,1-5H3,(H,22,24). The lowest BCUT2D eigenvalue weighted by Crippen LogP contribution is -2.17. The molecule has 0 atom stereocenters. The molecule has 8 heteroatoms. The molecule has 2 aromatic carbocycles. The van der Waals surface area contributed by atoms with Crippen LogP contribution in [0, 0.1) is 6.92 Å². The number of anilines is 2. The van der Waals surface area contributed by atoms with Crippen LogP contribution in [0.5, 0.6) is 5.75 Å². The molecule has 0 bridgehead atoms. The van der Waals surface area contributed by atoms with E-state index >= 15 is 0 Å². The van der Waals surface area contributed by atoms with Crippen LogP contribution in [-0.4, -0.2) is 27.7 Å². The SMILES string of the molecule is CCOC(=O)Nc1cc(S(=O)(=O)Nc2c(C)cccc2C(C)C)ccc1OCC. The van der Waals surface area contributed by atoms with Gasteiger partial charge in [0, 0.05) is 0 Å². The molecule has 2 N–H and O–H groups in total. The van der Waals surface area contributed by atoms with Gasteiger partial charge in [0.05, 0.1) is 29.5 Å². The first-order valence-electron chi connectivity index (χ1n) is 9.52. The minimum absolute atomic E-state index is 0.00529. The normalized spacial score (nSPS) is 11.2. The molecule has 1 amide bonds. The maximum atomic E-state index is 13.1. The maximum Gasteiger partial charge on any atom is 0.411 e. The summed E-state index contributed by atoms with van der Waals surface area (Å²) in [6.07, 6.45) is -0.683. The van der Waals surface area contributed by atoms with E-state index in [0.717, 1.165) is 11.1 Å². The Hall–Kier alpha value is -2.74. The first kappa shape index (κ1) is 22.5. The van der Waals surface area contributed by atoms with E-state index in [2.05, 4.69) is 10.0 Å². The number of carbonyl (C=O) groups is 1. The molecule has 0 spiro atoms. The van der Waals surface area contributed by atoms with Crippen molar-refractivity contribution in [1.82, 2.24) is 0 Å². The van der Waals surface area contributed by atoms with Crippen molar-refractivity contribution >= 4 is 27.5 Å². The summed E-state index contributed by atoms with van der Waals surface area (Å²) >= 11 is 0. The number of aryl methyl sites for hydroxylation is 1. The first-order chi connectivity index (χ1) is 13.7. The zero-order valence-corrected chi connectivity index (χ0v) is 18.2. The lowest BCUT2D eigenvalue weighted by molar-refractivity contribution is 0.167. The third-order valence-electron chi connectivity index (χ3n) is 4.24. The van der Waals surface area contributed by atoms with Crippen LogP contribution in [0.1, 0.15) is 44.7 Å². The zero-order valence-electron chi connectivity index (χ0n) is 17.4. The van der Waals surface area contributed by atoms with Gasteiger partial charge < -0.3 is 9.47 Å². The van der Waals surface area contributed by atoms with Gasteiger partial charge >= 0.3 is 6.09 Å². The molecule has 0 unspecified atom stereocenters. The molecule has 7 nitrogen and oxygen atoms in total. The van der Waals surface area contributed by atoms with Gasteiger partial charge in [-0.05, 0) is 56.0 Å². The average Bonchev–Trinajstić information content (AvgIpc) is 2.64. The summed E-state index contributed by atoms with van der Waals surface area (Å²) in [5, 5.41) is 2.54. The Kier molecular flexibility index (Phi) is 7.50. The summed E-state index contributed by atoms with van der Waals surface area (Å²) in [6.45, 7) is 9.91. The minimum atomic E-state index is -3.89. The summed E-state index contributed by atoms with van der Waals surface area (Å²) in [5.41, 5.74) is 2.53. The van der Waals surface area contributed by atoms with E-state index < -0.39 is 16.1 Å². The van der Waals surface area contributed by atoms with E-state index in [1.165, 1.54) is 18.2 Å². The van der Waals surface area contributed by atoms with Gasteiger partial charge in [-0.3, -0.25) is 10.0 Å². The van der Waals surface area contributed by atoms with Crippen molar-refractivity contribution in [2.24, 2.45) is 0 Å². The predicted octanol–water partition coefficient (Wildman–Crippen LogP) is 4.89. The van der Waals surface area contributed by atoms with Crippen LogP contribution >= 0.6 is 0 Å². The van der Waals surface area contributed by atoms with Crippen molar-refractivity contribution in [3.05, 3.63) is 47.5 Å². The smallest absolute Gasteiger partial charge is 0.411 e. The fourth-order valence-electron chi connectivity index (χ4n) is 2.84. The van der Waals surface area contributed by atoms with E-state index in [0.29, 0.717) is 18.0 Å². The molecular formula is C21H28N2O5S. The monoisotopic (exact) mass is 420 g/mol. The van der Waals surface area contributed by atoms with E-state index in [1.54, 1.807) is 13.8 Å². The molecule has 2 aromatic rings. The molecule has 0 radical (unpaired) electrons. The lowest BCUT2D eigenvalue weighted by Gasteiger charge is -2.18. The number of amides is 1. The second-order valence-electron chi connectivity index (χ2n) is 6.74. The van der Waals surface area contributed by atoms with Gasteiger partial charge in [0.1, 0.15) is 5.75 Å². The zero-order chi connectivity index (χ0) is 21.6. The molecular weight excluding hydrogens is 392 g/mol. The highest BCUT2D eigenvalue weighted by Gasteiger charge is 2.21. The van der Waals surface area contributed by atoms with Gasteiger partial charge in [0.2, 0.25) is 0 Å². The number of nitrogens with one attached hydrogen (secondary N) is 2. The number of hydrogen-bond donors (Lipinski definition) is 2. The topological polar surface area (TPSA) is 93.7 Å². The largest absolute Gasteiger partial charge is 0.492 e. The van der Waals surface area contributed by atoms with Crippen LogP contribution in [0.15, 0.2) is 41.3 Å². The van der Waals surface area contributed by atoms with Gasteiger partial charge in [-0.1, -0.05) is 32.0 Å². The van der Waals surface area contributed by atoms with E-state index in [9.17, 15) is 13.2 Å². The Balaban J connectivity index is 2.44.